The van der Waals surface area contributed by atoms with E-state index in [1.807, 2.05) is 0 Å². The summed E-state index contributed by atoms with van der Waals surface area (Å²) in [6, 6.07) is 26.5. The molecule has 0 aliphatic carbocycles. The van der Waals surface area contributed by atoms with Crippen molar-refractivity contribution in [3.8, 4) is 11.3 Å². The predicted octanol–water partition coefficient (Wildman–Crippen LogP) is 4.42. The lowest BCUT2D eigenvalue weighted by atomic mass is 10.0. The van der Waals surface area contributed by atoms with Gasteiger partial charge in [-0.2, -0.15) is 0 Å². The van der Waals surface area contributed by atoms with Crippen molar-refractivity contribution >= 4 is 16.5 Å². The molecule has 2 nitrogen and oxygen atoms in total. The first-order valence-corrected chi connectivity index (χ1v) is 9.92. The van der Waals surface area contributed by atoms with Crippen LogP contribution in [-0.4, -0.2) is 0 Å². The van der Waals surface area contributed by atoms with Crippen molar-refractivity contribution in [3.05, 3.63) is 102 Å². The molecule has 1 N–H and O–H groups in total. The first-order valence-electron chi connectivity index (χ1n) is 9.92. The van der Waals surface area contributed by atoms with E-state index in [0.29, 0.717) is 0 Å². The van der Waals surface area contributed by atoms with E-state index in [-0.39, 0.29) is 0 Å². The highest BCUT2D eigenvalue weighted by molar-refractivity contribution is 5.95. The molecule has 2 heterocycles. The Morgan fingerprint density at radius 1 is 0.821 bits per heavy atom. The fourth-order valence-electron chi connectivity index (χ4n) is 4.77. The van der Waals surface area contributed by atoms with Gasteiger partial charge in [0.15, 0.2) is 0 Å². The van der Waals surface area contributed by atoms with Crippen LogP contribution in [0.1, 0.15) is 22.4 Å². The molecule has 1 unspecified atom stereocenters. The molecule has 1 aromatic heterocycles. The second-order valence-corrected chi connectivity index (χ2v) is 7.90. The molecule has 0 bridgehead atoms. The number of aromatic nitrogens is 1. The van der Waals surface area contributed by atoms with E-state index in [1.165, 1.54) is 55.0 Å². The van der Waals surface area contributed by atoms with Crippen molar-refractivity contribution in [1.29, 1.82) is 0 Å². The van der Waals surface area contributed by atoms with Crippen molar-refractivity contribution in [2.75, 3.05) is 0 Å². The number of rotatable bonds is 2. The minimum Gasteiger partial charge on any atom is -0.272 e. The number of nitrogens with one attached hydrogen (secondary N) is 1. The molecule has 1 aliphatic heterocycles. The van der Waals surface area contributed by atoms with Gasteiger partial charge in [-0.1, -0.05) is 66.2 Å². The molecular weight excluding hydrogens is 340 g/mol. The van der Waals surface area contributed by atoms with Gasteiger partial charge in [0.05, 0.1) is 0 Å². The van der Waals surface area contributed by atoms with Crippen LogP contribution in [0.2, 0.25) is 0 Å². The summed E-state index contributed by atoms with van der Waals surface area (Å²) in [5, 5.41) is 2.58. The highest BCUT2D eigenvalue weighted by atomic mass is 15.3. The average Bonchev–Trinajstić information content (AvgIpc) is 3.10. The summed E-state index contributed by atoms with van der Waals surface area (Å²) in [5.41, 5.74) is 9.35. The van der Waals surface area contributed by atoms with Crippen molar-refractivity contribution in [2.24, 2.45) is 0 Å². The maximum Gasteiger partial charge on any atom is 0.240 e. The Morgan fingerprint density at radius 2 is 1.54 bits per heavy atom. The van der Waals surface area contributed by atoms with Crippen LogP contribution >= 0.6 is 0 Å². The van der Waals surface area contributed by atoms with Crippen molar-refractivity contribution in [2.45, 2.75) is 27.3 Å². The van der Waals surface area contributed by atoms with Crippen molar-refractivity contribution in [3.63, 3.8) is 0 Å². The number of aryl methyl sites for hydroxylation is 3. The van der Waals surface area contributed by atoms with E-state index in [2.05, 4.69) is 105 Å². The van der Waals surface area contributed by atoms with Crippen LogP contribution in [0, 0.1) is 27.4 Å². The zero-order valence-electron chi connectivity index (χ0n) is 16.7. The average molecular weight is 366 g/mol. The topological polar surface area (TPSA) is 8.32 Å². The van der Waals surface area contributed by atoms with Crippen LogP contribution < -0.4 is 9.47 Å². The lowest BCUT2D eigenvalue weighted by Gasteiger charge is -2.17. The van der Waals surface area contributed by atoms with E-state index in [9.17, 15) is 0 Å². The molecule has 0 amide bonds. The Bertz CT molecular complexity index is 1180. The quantitative estimate of drug-likeness (QED) is 0.398. The van der Waals surface area contributed by atoms with Crippen molar-refractivity contribution < 1.29 is 9.47 Å². The van der Waals surface area contributed by atoms with E-state index < -0.39 is 0 Å². The number of pyridine rings is 1. The predicted molar refractivity (Wildman–Crippen MR) is 114 cm³/mol. The van der Waals surface area contributed by atoms with Crippen molar-refractivity contribution in [1.82, 2.24) is 0 Å². The number of benzene rings is 3. The first-order chi connectivity index (χ1) is 13.6. The normalized spacial score (nSPS) is 15.5. The van der Waals surface area contributed by atoms with Gasteiger partial charge >= 0.3 is 0 Å². The van der Waals surface area contributed by atoms with Gasteiger partial charge in [0.1, 0.15) is 23.6 Å². The maximum atomic E-state index is 2.38. The fourth-order valence-corrected chi connectivity index (χ4v) is 4.77. The molecular formula is C26H25N2+. The summed E-state index contributed by atoms with van der Waals surface area (Å²) < 4.78 is 2.38. The number of nitrogens with zero attached hydrogens (tertiary/aromatic N) is 1. The monoisotopic (exact) mass is 365 g/mol. The minimum atomic E-state index is 0.976. The van der Waals surface area contributed by atoms with Gasteiger partial charge in [-0.3, -0.25) is 9.47 Å². The lowest BCUT2D eigenvalue weighted by molar-refractivity contribution is -0.881. The van der Waals surface area contributed by atoms with Crippen LogP contribution in [-0.2, 0) is 6.54 Å². The lowest BCUT2D eigenvalue weighted by Crippen LogP contribution is -3.03. The molecule has 5 rings (SSSR count). The molecule has 4 aromatic rings. The van der Waals surface area contributed by atoms with Crippen LogP contribution in [0.25, 0.3) is 22.0 Å². The second-order valence-electron chi connectivity index (χ2n) is 7.90. The summed E-state index contributed by atoms with van der Waals surface area (Å²) >= 11 is 0. The van der Waals surface area contributed by atoms with Crippen LogP contribution in [0.5, 0.6) is 0 Å². The van der Waals surface area contributed by atoms with Gasteiger partial charge in [-0.05, 0) is 49.2 Å². The molecule has 28 heavy (non-hydrogen) atoms. The first kappa shape index (κ1) is 17.0. The highest BCUT2D eigenvalue weighted by Crippen LogP contribution is 2.27. The Kier molecular flexibility index (Phi) is 3.96. The number of fused-ring (bicyclic) bond motifs is 2. The fraction of sp³-hybridized carbons (Fsp3) is 0.154. The van der Waals surface area contributed by atoms with E-state index in [1.54, 1.807) is 0 Å². The number of quaternary nitrogens is 1. The largest absolute Gasteiger partial charge is 0.272 e. The Balaban J connectivity index is 1.62. The molecule has 1 aliphatic rings. The summed E-state index contributed by atoms with van der Waals surface area (Å²) in [4.78, 5) is 1.41. The summed E-state index contributed by atoms with van der Waals surface area (Å²) in [6.07, 6.45) is 0. The number of hydrogen-bond donors (Lipinski definition) is 1. The zero-order valence-corrected chi connectivity index (χ0v) is 16.7. The second kappa shape index (κ2) is 6.50. The van der Waals surface area contributed by atoms with Gasteiger partial charge in [0.25, 0.3) is 0 Å². The molecule has 0 saturated heterocycles. The summed E-state index contributed by atoms with van der Waals surface area (Å²) in [5.74, 6) is 0. The summed E-state index contributed by atoms with van der Waals surface area (Å²) in [7, 11) is 0. The Labute approximate surface area is 166 Å². The molecule has 0 radical (unpaired) electrons. The SMILES string of the molecule is Cc1cc(C)c([NH+]2[CH-][n+]3c(cccc3-c3cccc4ccccc34)C2)c(C)c1. The van der Waals surface area contributed by atoms with E-state index in [4.69, 9.17) is 0 Å². The van der Waals surface area contributed by atoms with Crippen LogP contribution in [0.4, 0.5) is 5.69 Å². The van der Waals surface area contributed by atoms with Gasteiger partial charge in [-0.25, -0.2) is 0 Å². The smallest absolute Gasteiger partial charge is 0.240 e. The molecule has 3 aromatic carbocycles. The third-order valence-electron chi connectivity index (χ3n) is 5.83. The number of hydrogen-bond acceptors (Lipinski definition) is 0. The zero-order chi connectivity index (χ0) is 19.3. The van der Waals surface area contributed by atoms with Crippen LogP contribution in [0.15, 0.2) is 72.8 Å². The minimum absolute atomic E-state index is 0.976. The maximum absolute atomic E-state index is 2.38. The van der Waals surface area contributed by atoms with Gasteiger partial charge in [0.2, 0.25) is 6.67 Å². The molecule has 0 fully saturated rings. The molecule has 1 atom stereocenters. The van der Waals surface area contributed by atoms with Gasteiger partial charge in [-0.15, -0.1) is 0 Å². The molecule has 0 spiro atoms. The molecule has 138 valence electrons. The third kappa shape index (κ3) is 2.69. The van der Waals surface area contributed by atoms with Gasteiger partial charge in [0, 0.05) is 11.1 Å². The Morgan fingerprint density at radius 3 is 2.36 bits per heavy atom. The third-order valence-corrected chi connectivity index (χ3v) is 5.83. The van der Waals surface area contributed by atoms with E-state index in [0.717, 1.165) is 6.54 Å². The highest BCUT2D eigenvalue weighted by Gasteiger charge is 2.30. The molecule has 2 heteroatoms. The van der Waals surface area contributed by atoms with Crippen LogP contribution in [0.3, 0.4) is 0 Å². The van der Waals surface area contributed by atoms with E-state index >= 15 is 0 Å². The Hall–Kier alpha value is -3.10. The van der Waals surface area contributed by atoms with Gasteiger partial charge < -0.3 is 0 Å². The molecule has 0 saturated carbocycles. The standard InChI is InChI=1S/C26H25N2/c1-18-14-19(2)26(20(3)15-18)27-16-22-10-7-13-25(28(22)17-27)24-12-6-9-21-8-4-5-11-23(21)24/h4-15,17,27H,16H2,1-3H3/q+1. The summed E-state index contributed by atoms with van der Waals surface area (Å²) in [6.45, 7) is 9.96.